The smallest absolute Gasteiger partial charge is 0.165 e. The summed E-state index contributed by atoms with van der Waals surface area (Å²) in [7, 11) is 0. The van der Waals surface area contributed by atoms with E-state index >= 15 is 0 Å². The summed E-state index contributed by atoms with van der Waals surface area (Å²) in [4.78, 5) is 0. The van der Waals surface area contributed by atoms with E-state index in [-0.39, 0.29) is 11.9 Å². The van der Waals surface area contributed by atoms with Crippen molar-refractivity contribution in [2.45, 2.75) is 46.8 Å². The van der Waals surface area contributed by atoms with Crippen molar-refractivity contribution in [1.29, 1.82) is 0 Å². The Morgan fingerprint density at radius 1 is 1.28 bits per heavy atom. The maximum atomic E-state index is 13.8. The number of nitrogens with one attached hydrogen (secondary N) is 1. The fourth-order valence-electron chi connectivity index (χ4n) is 1.56. The first-order valence-electron chi connectivity index (χ1n) is 6.68. The number of benzene rings is 1. The Hall–Kier alpha value is -1.09. The zero-order chi connectivity index (χ0) is 13.5. The molecule has 0 fully saturated rings. The average molecular weight is 253 g/mol. The standard InChI is InChI=1S/C15H24FNO/c1-5-12(4)18-15-7-6-13(8-14(15)16)10-17-9-11(2)3/h6-8,11-12,17H,5,9-10H2,1-4H3. The van der Waals surface area contributed by atoms with Crippen LogP contribution in [0.15, 0.2) is 18.2 Å². The molecule has 18 heavy (non-hydrogen) atoms. The molecule has 1 aromatic rings. The van der Waals surface area contributed by atoms with Gasteiger partial charge in [-0.25, -0.2) is 4.39 Å². The molecule has 102 valence electrons. The monoisotopic (exact) mass is 253 g/mol. The highest BCUT2D eigenvalue weighted by atomic mass is 19.1. The molecule has 2 nitrogen and oxygen atoms in total. The molecule has 1 rings (SSSR count). The lowest BCUT2D eigenvalue weighted by Crippen LogP contribution is -2.19. The molecule has 0 aromatic heterocycles. The van der Waals surface area contributed by atoms with Gasteiger partial charge in [0.25, 0.3) is 0 Å². The maximum absolute atomic E-state index is 13.8. The fourth-order valence-corrected chi connectivity index (χ4v) is 1.56. The summed E-state index contributed by atoms with van der Waals surface area (Å²) in [6.07, 6.45) is 0.918. The molecule has 0 heterocycles. The van der Waals surface area contributed by atoms with Crippen LogP contribution in [0.3, 0.4) is 0 Å². The van der Waals surface area contributed by atoms with E-state index in [1.165, 1.54) is 0 Å². The first-order chi connectivity index (χ1) is 8.52. The quantitative estimate of drug-likeness (QED) is 0.799. The molecule has 1 N–H and O–H groups in total. The molecule has 0 bridgehead atoms. The Morgan fingerprint density at radius 3 is 2.56 bits per heavy atom. The fraction of sp³-hybridized carbons (Fsp3) is 0.600. The van der Waals surface area contributed by atoms with E-state index in [1.807, 2.05) is 19.9 Å². The van der Waals surface area contributed by atoms with E-state index in [9.17, 15) is 4.39 Å². The van der Waals surface area contributed by atoms with Crippen LogP contribution in [-0.2, 0) is 6.54 Å². The summed E-state index contributed by atoms with van der Waals surface area (Å²) in [6.45, 7) is 9.89. The first-order valence-corrected chi connectivity index (χ1v) is 6.68. The van der Waals surface area contributed by atoms with Crippen molar-refractivity contribution in [3.8, 4) is 5.75 Å². The molecule has 0 aliphatic carbocycles. The lowest BCUT2D eigenvalue weighted by Gasteiger charge is -2.14. The minimum absolute atomic E-state index is 0.0458. The van der Waals surface area contributed by atoms with E-state index in [4.69, 9.17) is 4.74 Å². The van der Waals surface area contributed by atoms with E-state index < -0.39 is 0 Å². The van der Waals surface area contributed by atoms with Crippen LogP contribution in [0.25, 0.3) is 0 Å². The average Bonchev–Trinajstić information content (AvgIpc) is 2.32. The van der Waals surface area contributed by atoms with Crippen molar-refractivity contribution < 1.29 is 9.13 Å². The normalized spacial score (nSPS) is 12.8. The third-order valence-electron chi connectivity index (χ3n) is 2.78. The lowest BCUT2D eigenvalue weighted by atomic mass is 10.2. The zero-order valence-electron chi connectivity index (χ0n) is 11.8. The van der Waals surface area contributed by atoms with Crippen molar-refractivity contribution in [1.82, 2.24) is 5.32 Å². The number of hydrogen-bond acceptors (Lipinski definition) is 2. The van der Waals surface area contributed by atoms with Gasteiger partial charge < -0.3 is 10.1 Å². The molecule has 0 radical (unpaired) electrons. The van der Waals surface area contributed by atoms with Gasteiger partial charge in [-0.2, -0.15) is 0 Å². The van der Waals surface area contributed by atoms with Gasteiger partial charge in [-0.1, -0.05) is 26.8 Å². The molecule has 1 atom stereocenters. The Morgan fingerprint density at radius 2 is 2.00 bits per heavy atom. The molecular weight excluding hydrogens is 229 g/mol. The first kappa shape index (κ1) is 15.0. The number of rotatable bonds is 7. The van der Waals surface area contributed by atoms with Crippen LogP contribution in [0.5, 0.6) is 5.75 Å². The highest BCUT2D eigenvalue weighted by Crippen LogP contribution is 2.20. The van der Waals surface area contributed by atoms with Crippen LogP contribution < -0.4 is 10.1 Å². The van der Waals surface area contributed by atoms with Crippen LogP contribution in [0, 0.1) is 11.7 Å². The maximum Gasteiger partial charge on any atom is 0.165 e. The van der Waals surface area contributed by atoms with Crippen LogP contribution >= 0.6 is 0 Å². The van der Waals surface area contributed by atoms with Crippen molar-refractivity contribution in [3.63, 3.8) is 0 Å². The SMILES string of the molecule is CCC(C)Oc1ccc(CNCC(C)C)cc1F. The second-order valence-corrected chi connectivity index (χ2v) is 5.13. The molecular formula is C15H24FNO. The van der Waals surface area contributed by atoms with Gasteiger partial charge in [0.05, 0.1) is 6.10 Å². The number of halogens is 1. The molecule has 0 spiro atoms. The van der Waals surface area contributed by atoms with E-state index in [1.54, 1.807) is 12.1 Å². The van der Waals surface area contributed by atoms with Gasteiger partial charge in [-0.3, -0.25) is 0 Å². The molecule has 0 saturated heterocycles. The van der Waals surface area contributed by atoms with Gasteiger partial charge in [0.15, 0.2) is 11.6 Å². The minimum atomic E-state index is -0.279. The second kappa shape index (κ2) is 7.37. The Bertz CT molecular complexity index is 366. The second-order valence-electron chi connectivity index (χ2n) is 5.13. The van der Waals surface area contributed by atoms with Gasteiger partial charge in [0.2, 0.25) is 0 Å². The molecule has 0 aliphatic rings. The van der Waals surface area contributed by atoms with Crippen molar-refractivity contribution in [2.75, 3.05) is 6.54 Å². The largest absolute Gasteiger partial charge is 0.488 e. The molecule has 0 amide bonds. The van der Waals surface area contributed by atoms with Crippen LogP contribution in [0.4, 0.5) is 4.39 Å². The molecule has 1 aromatic carbocycles. The Labute approximate surface area is 110 Å². The van der Waals surface area contributed by atoms with Crippen LogP contribution in [0.2, 0.25) is 0 Å². The predicted molar refractivity (Wildman–Crippen MR) is 73.3 cm³/mol. The van der Waals surface area contributed by atoms with Crippen molar-refractivity contribution in [3.05, 3.63) is 29.6 Å². The predicted octanol–water partition coefficient (Wildman–Crippen LogP) is 3.75. The van der Waals surface area contributed by atoms with E-state index in [0.29, 0.717) is 18.2 Å². The topological polar surface area (TPSA) is 21.3 Å². The highest BCUT2D eigenvalue weighted by Gasteiger charge is 2.08. The summed E-state index contributed by atoms with van der Waals surface area (Å²) in [5.41, 5.74) is 0.949. The van der Waals surface area contributed by atoms with Crippen molar-refractivity contribution in [2.24, 2.45) is 5.92 Å². The molecule has 0 saturated carbocycles. The lowest BCUT2D eigenvalue weighted by molar-refractivity contribution is 0.207. The van der Waals surface area contributed by atoms with Crippen molar-refractivity contribution >= 4 is 0 Å². The van der Waals surface area contributed by atoms with E-state index in [0.717, 1.165) is 18.5 Å². The summed E-state index contributed by atoms with van der Waals surface area (Å²) < 4.78 is 19.3. The van der Waals surface area contributed by atoms with Crippen LogP contribution in [0.1, 0.15) is 39.7 Å². The highest BCUT2D eigenvalue weighted by molar-refractivity contribution is 5.29. The van der Waals surface area contributed by atoms with Gasteiger partial charge in [-0.15, -0.1) is 0 Å². The Balaban J connectivity index is 2.56. The minimum Gasteiger partial charge on any atom is -0.488 e. The third-order valence-corrected chi connectivity index (χ3v) is 2.78. The number of hydrogen-bond donors (Lipinski definition) is 1. The summed E-state index contributed by atoms with van der Waals surface area (Å²) in [5, 5.41) is 3.29. The van der Waals surface area contributed by atoms with Gasteiger partial charge in [0, 0.05) is 6.54 Å². The van der Waals surface area contributed by atoms with Gasteiger partial charge in [0.1, 0.15) is 0 Å². The number of ether oxygens (including phenoxy) is 1. The molecule has 3 heteroatoms. The summed E-state index contributed by atoms with van der Waals surface area (Å²) >= 11 is 0. The van der Waals surface area contributed by atoms with Crippen LogP contribution in [-0.4, -0.2) is 12.6 Å². The third kappa shape index (κ3) is 5.05. The zero-order valence-corrected chi connectivity index (χ0v) is 11.8. The molecule has 0 aliphatic heterocycles. The summed E-state index contributed by atoms with van der Waals surface area (Å²) in [5.74, 6) is 0.666. The molecule has 1 unspecified atom stereocenters. The van der Waals surface area contributed by atoms with E-state index in [2.05, 4.69) is 19.2 Å². The summed E-state index contributed by atoms with van der Waals surface area (Å²) in [6, 6.07) is 5.17. The van der Waals surface area contributed by atoms with Gasteiger partial charge in [-0.05, 0) is 43.5 Å². The van der Waals surface area contributed by atoms with Gasteiger partial charge >= 0.3 is 0 Å². The Kier molecular flexibility index (Phi) is 6.13.